The van der Waals surface area contributed by atoms with E-state index in [1.165, 1.54) is 0 Å². The van der Waals surface area contributed by atoms with Crippen LogP contribution in [-0.2, 0) is 0 Å². The SMILES string of the molecule is CC(C)CCN(C)CC(F)(F)CN. The van der Waals surface area contributed by atoms with Gasteiger partial charge in [-0.05, 0) is 25.9 Å². The van der Waals surface area contributed by atoms with Crippen molar-refractivity contribution in [3.05, 3.63) is 0 Å². The predicted octanol–water partition coefficient (Wildman–Crippen LogP) is 1.56. The maximum Gasteiger partial charge on any atom is 0.272 e. The van der Waals surface area contributed by atoms with Gasteiger partial charge in [0.1, 0.15) is 0 Å². The molecule has 0 bridgehead atoms. The molecule has 13 heavy (non-hydrogen) atoms. The fraction of sp³-hybridized carbons (Fsp3) is 1.00. The lowest BCUT2D eigenvalue weighted by molar-refractivity contribution is -0.0181. The zero-order valence-corrected chi connectivity index (χ0v) is 8.69. The molecule has 80 valence electrons. The standard InChI is InChI=1S/C9H20F2N2/c1-8(2)4-5-13(3)7-9(10,11)6-12/h8H,4-7,12H2,1-3H3. The Labute approximate surface area is 79.1 Å². The van der Waals surface area contributed by atoms with E-state index >= 15 is 0 Å². The van der Waals surface area contributed by atoms with E-state index in [0.717, 1.165) is 6.42 Å². The first-order chi connectivity index (χ1) is 5.87. The van der Waals surface area contributed by atoms with Gasteiger partial charge in [0.15, 0.2) is 0 Å². The van der Waals surface area contributed by atoms with Crippen LogP contribution in [-0.4, -0.2) is 37.5 Å². The van der Waals surface area contributed by atoms with Crippen molar-refractivity contribution in [3.63, 3.8) is 0 Å². The Balaban J connectivity index is 3.67. The second-order valence-electron chi connectivity index (χ2n) is 3.98. The molecule has 0 amide bonds. The van der Waals surface area contributed by atoms with E-state index < -0.39 is 12.5 Å². The molecule has 0 aromatic rings. The van der Waals surface area contributed by atoms with Gasteiger partial charge in [-0.2, -0.15) is 0 Å². The first kappa shape index (κ1) is 12.8. The van der Waals surface area contributed by atoms with Crippen LogP contribution in [0.5, 0.6) is 0 Å². The summed E-state index contributed by atoms with van der Waals surface area (Å²) >= 11 is 0. The molecule has 0 spiro atoms. The highest BCUT2D eigenvalue weighted by Crippen LogP contribution is 2.13. The highest BCUT2D eigenvalue weighted by Gasteiger charge is 2.28. The van der Waals surface area contributed by atoms with Gasteiger partial charge in [-0.3, -0.25) is 0 Å². The van der Waals surface area contributed by atoms with Crippen LogP contribution in [0.25, 0.3) is 0 Å². The quantitative estimate of drug-likeness (QED) is 0.695. The third-order valence-corrected chi connectivity index (χ3v) is 1.89. The summed E-state index contributed by atoms with van der Waals surface area (Å²) in [4.78, 5) is 1.63. The van der Waals surface area contributed by atoms with Gasteiger partial charge in [-0.1, -0.05) is 13.8 Å². The van der Waals surface area contributed by atoms with E-state index in [9.17, 15) is 8.78 Å². The van der Waals surface area contributed by atoms with Gasteiger partial charge in [-0.25, -0.2) is 8.78 Å². The maximum atomic E-state index is 12.8. The third-order valence-electron chi connectivity index (χ3n) is 1.89. The van der Waals surface area contributed by atoms with Crippen molar-refractivity contribution in [2.24, 2.45) is 11.7 Å². The number of alkyl halides is 2. The van der Waals surface area contributed by atoms with Crippen LogP contribution >= 0.6 is 0 Å². The van der Waals surface area contributed by atoms with Gasteiger partial charge in [0, 0.05) is 0 Å². The molecule has 0 aliphatic carbocycles. The van der Waals surface area contributed by atoms with Gasteiger partial charge in [0.05, 0.1) is 13.1 Å². The molecule has 0 aromatic heterocycles. The van der Waals surface area contributed by atoms with Crippen LogP contribution in [0.3, 0.4) is 0 Å². The minimum absolute atomic E-state index is 0.240. The van der Waals surface area contributed by atoms with Crippen LogP contribution in [0.1, 0.15) is 20.3 Å². The normalized spacial score (nSPS) is 12.9. The molecule has 0 unspecified atom stereocenters. The molecule has 0 heterocycles. The second-order valence-corrected chi connectivity index (χ2v) is 3.98. The highest BCUT2D eigenvalue weighted by atomic mass is 19.3. The molecule has 0 rings (SSSR count). The fourth-order valence-electron chi connectivity index (χ4n) is 1.02. The average Bonchev–Trinajstić information content (AvgIpc) is 2.00. The van der Waals surface area contributed by atoms with Crippen molar-refractivity contribution in [1.82, 2.24) is 4.90 Å². The zero-order chi connectivity index (χ0) is 10.5. The van der Waals surface area contributed by atoms with Crippen molar-refractivity contribution >= 4 is 0 Å². The number of nitrogens with zero attached hydrogens (tertiary/aromatic N) is 1. The van der Waals surface area contributed by atoms with Crippen molar-refractivity contribution in [2.75, 3.05) is 26.7 Å². The summed E-state index contributed by atoms with van der Waals surface area (Å²) < 4.78 is 25.5. The zero-order valence-electron chi connectivity index (χ0n) is 8.69. The summed E-state index contributed by atoms with van der Waals surface area (Å²) in [6, 6.07) is 0. The third kappa shape index (κ3) is 6.90. The first-order valence-electron chi connectivity index (χ1n) is 4.64. The summed E-state index contributed by atoms with van der Waals surface area (Å²) in [7, 11) is 1.70. The molecule has 0 atom stereocenters. The summed E-state index contributed by atoms with van der Waals surface area (Å²) in [6.45, 7) is 4.05. The molecule has 2 N–H and O–H groups in total. The largest absolute Gasteiger partial charge is 0.325 e. The molecule has 4 heteroatoms. The molecule has 0 aliphatic rings. The predicted molar refractivity (Wildman–Crippen MR) is 51.0 cm³/mol. The molecule has 0 saturated carbocycles. The number of hydrogen-bond donors (Lipinski definition) is 1. The molecule has 0 saturated heterocycles. The molecular weight excluding hydrogens is 174 g/mol. The molecule has 0 fully saturated rings. The summed E-state index contributed by atoms with van der Waals surface area (Å²) in [5, 5.41) is 0. The van der Waals surface area contributed by atoms with E-state index in [4.69, 9.17) is 5.73 Å². The maximum absolute atomic E-state index is 12.8. The Bertz CT molecular complexity index is 138. The Morgan fingerprint density at radius 2 is 1.92 bits per heavy atom. The smallest absolute Gasteiger partial charge is 0.272 e. The van der Waals surface area contributed by atoms with E-state index in [1.54, 1.807) is 11.9 Å². The summed E-state index contributed by atoms with van der Waals surface area (Å²) in [6.07, 6.45) is 0.942. The van der Waals surface area contributed by atoms with Gasteiger partial charge in [0.2, 0.25) is 0 Å². The molecular formula is C9H20F2N2. The number of hydrogen-bond acceptors (Lipinski definition) is 2. The van der Waals surface area contributed by atoms with Gasteiger partial charge >= 0.3 is 0 Å². The van der Waals surface area contributed by atoms with E-state index in [-0.39, 0.29) is 6.54 Å². The van der Waals surface area contributed by atoms with Gasteiger partial charge < -0.3 is 10.6 Å². The number of rotatable bonds is 6. The fourth-order valence-corrected chi connectivity index (χ4v) is 1.02. The molecule has 0 radical (unpaired) electrons. The van der Waals surface area contributed by atoms with Crippen LogP contribution in [0.2, 0.25) is 0 Å². The van der Waals surface area contributed by atoms with Gasteiger partial charge in [-0.15, -0.1) is 0 Å². The molecule has 0 aliphatic heterocycles. The molecule has 2 nitrogen and oxygen atoms in total. The van der Waals surface area contributed by atoms with Crippen LogP contribution < -0.4 is 5.73 Å². The molecule has 0 aromatic carbocycles. The number of nitrogens with two attached hydrogens (primary N) is 1. The Hall–Kier alpha value is -0.220. The van der Waals surface area contributed by atoms with Crippen molar-refractivity contribution < 1.29 is 8.78 Å². The second kappa shape index (κ2) is 5.50. The first-order valence-corrected chi connectivity index (χ1v) is 4.64. The van der Waals surface area contributed by atoms with Crippen LogP contribution in [0, 0.1) is 5.92 Å². The van der Waals surface area contributed by atoms with E-state index in [2.05, 4.69) is 13.8 Å². The Kier molecular flexibility index (Phi) is 5.40. The lowest BCUT2D eigenvalue weighted by Crippen LogP contribution is -2.40. The summed E-state index contributed by atoms with van der Waals surface area (Å²) in [5.41, 5.74) is 4.93. The number of halogens is 2. The average molecular weight is 194 g/mol. The van der Waals surface area contributed by atoms with E-state index in [0.29, 0.717) is 12.5 Å². The van der Waals surface area contributed by atoms with Crippen LogP contribution in [0.15, 0.2) is 0 Å². The lowest BCUT2D eigenvalue weighted by atomic mass is 10.1. The minimum atomic E-state index is -2.74. The van der Waals surface area contributed by atoms with Crippen molar-refractivity contribution in [1.29, 1.82) is 0 Å². The lowest BCUT2D eigenvalue weighted by Gasteiger charge is -2.23. The monoisotopic (exact) mass is 194 g/mol. The van der Waals surface area contributed by atoms with Crippen molar-refractivity contribution in [2.45, 2.75) is 26.2 Å². The van der Waals surface area contributed by atoms with Gasteiger partial charge in [0.25, 0.3) is 5.92 Å². The topological polar surface area (TPSA) is 29.3 Å². The highest BCUT2D eigenvalue weighted by molar-refractivity contribution is 4.71. The Morgan fingerprint density at radius 3 is 2.31 bits per heavy atom. The Morgan fingerprint density at radius 1 is 1.38 bits per heavy atom. The summed E-state index contributed by atoms with van der Waals surface area (Å²) in [5.74, 6) is -2.19. The van der Waals surface area contributed by atoms with Crippen LogP contribution in [0.4, 0.5) is 8.78 Å². The van der Waals surface area contributed by atoms with Crippen molar-refractivity contribution in [3.8, 4) is 0 Å². The van der Waals surface area contributed by atoms with E-state index in [1.807, 2.05) is 0 Å². The minimum Gasteiger partial charge on any atom is -0.325 e.